The Kier molecular flexibility index (Phi) is 1.80. The van der Waals surface area contributed by atoms with Gasteiger partial charge in [0.15, 0.2) is 0 Å². The molecule has 0 aromatic rings. The van der Waals surface area contributed by atoms with E-state index in [0.29, 0.717) is 11.3 Å². The molecular formula is C9H9N3O2. The van der Waals surface area contributed by atoms with E-state index in [1.807, 2.05) is 0 Å². The minimum atomic E-state index is -0.381. The van der Waals surface area contributed by atoms with Crippen molar-refractivity contribution in [2.45, 2.75) is 6.92 Å². The van der Waals surface area contributed by atoms with E-state index in [2.05, 4.69) is 10.2 Å². The molecule has 1 atom stereocenters. The lowest BCUT2D eigenvalue weighted by molar-refractivity contribution is -0.131. The lowest BCUT2D eigenvalue weighted by Crippen LogP contribution is -2.36. The molecule has 0 aromatic heterocycles. The number of amides is 2. The largest absolute Gasteiger partial charge is 0.313 e. The van der Waals surface area contributed by atoms with Crippen LogP contribution in [0.1, 0.15) is 6.92 Å². The van der Waals surface area contributed by atoms with E-state index in [1.54, 1.807) is 20.0 Å². The number of nitrogens with zero attached hydrogens (tertiary/aromatic N) is 3. The van der Waals surface area contributed by atoms with Crippen LogP contribution in [0, 0.1) is 5.92 Å². The van der Waals surface area contributed by atoms with Crippen molar-refractivity contribution in [1.29, 1.82) is 0 Å². The molecule has 0 radical (unpaired) electrons. The summed E-state index contributed by atoms with van der Waals surface area (Å²) < 4.78 is 0. The molecule has 0 fully saturated rings. The molecular weight excluding hydrogens is 182 g/mol. The molecule has 0 aromatic carbocycles. The fourth-order valence-electron chi connectivity index (χ4n) is 1.54. The van der Waals surface area contributed by atoms with E-state index >= 15 is 0 Å². The Morgan fingerprint density at radius 3 is 2.86 bits per heavy atom. The van der Waals surface area contributed by atoms with Crippen molar-refractivity contribution in [1.82, 2.24) is 4.90 Å². The molecule has 0 spiro atoms. The summed E-state index contributed by atoms with van der Waals surface area (Å²) >= 11 is 0. The standard InChI is InChI=1S/C9H9N3O2/c1-5-3-6-7(12(2)9(5)14)4-10-11-8(6)13/h3-5H,1-2H3. The van der Waals surface area contributed by atoms with Crippen LogP contribution in [0.15, 0.2) is 33.8 Å². The number of rotatable bonds is 0. The quantitative estimate of drug-likeness (QED) is 0.570. The molecule has 2 aliphatic rings. The van der Waals surface area contributed by atoms with E-state index in [0.717, 1.165) is 0 Å². The fourth-order valence-corrected chi connectivity index (χ4v) is 1.54. The summed E-state index contributed by atoms with van der Waals surface area (Å²) in [5.74, 6) is -0.692. The third kappa shape index (κ3) is 1.09. The predicted octanol–water partition coefficient (Wildman–Crippen LogP) is 0.855. The van der Waals surface area contributed by atoms with Gasteiger partial charge in [-0.15, -0.1) is 5.11 Å². The number of fused-ring (bicyclic) bond motifs is 1. The maximum Gasteiger partial charge on any atom is 0.297 e. The summed E-state index contributed by atoms with van der Waals surface area (Å²) in [5, 5.41) is 6.94. The van der Waals surface area contributed by atoms with Crippen LogP contribution in [0.2, 0.25) is 0 Å². The summed E-state index contributed by atoms with van der Waals surface area (Å²) in [7, 11) is 1.63. The lowest BCUT2D eigenvalue weighted by atomic mass is 9.97. The second-order valence-corrected chi connectivity index (χ2v) is 3.30. The van der Waals surface area contributed by atoms with E-state index in [1.165, 1.54) is 11.1 Å². The summed E-state index contributed by atoms with van der Waals surface area (Å²) in [5.41, 5.74) is 1.00. The van der Waals surface area contributed by atoms with Gasteiger partial charge in [0.2, 0.25) is 5.91 Å². The molecule has 2 rings (SSSR count). The molecule has 5 heteroatoms. The van der Waals surface area contributed by atoms with Crippen molar-refractivity contribution in [2.75, 3.05) is 7.05 Å². The van der Waals surface area contributed by atoms with Gasteiger partial charge >= 0.3 is 0 Å². The maximum atomic E-state index is 11.5. The second kappa shape index (κ2) is 2.87. The molecule has 0 saturated carbocycles. The molecule has 2 amide bonds. The Bertz CT molecular complexity index is 406. The molecule has 1 unspecified atom stereocenters. The molecule has 0 aliphatic carbocycles. The Labute approximate surface area is 80.8 Å². The zero-order chi connectivity index (χ0) is 10.3. The minimum Gasteiger partial charge on any atom is -0.313 e. The summed E-state index contributed by atoms with van der Waals surface area (Å²) in [6.07, 6.45) is 3.06. The number of azo groups is 1. The minimum absolute atomic E-state index is 0.0371. The van der Waals surface area contributed by atoms with Gasteiger partial charge in [0, 0.05) is 7.05 Å². The molecule has 5 nitrogen and oxygen atoms in total. The Morgan fingerprint density at radius 1 is 1.43 bits per heavy atom. The highest BCUT2D eigenvalue weighted by atomic mass is 16.2. The van der Waals surface area contributed by atoms with Gasteiger partial charge in [-0.25, -0.2) is 0 Å². The molecule has 0 saturated heterocycles. The van der Waals surface area contributed by atoms with Gasteiger partial charge in [-0.1, -0.05) is 13.0 Å². The topological polar surface area (TPSA) is 62.1 Å². The number of likely N-dealkylation sites (N-methyl/N-ethyl adjacent to an activating group) is 1. The first-order valence-corrected chi connectivity index (χ1v) is 4.26. The average molecular weight is 191 g/mol. The lowest BCUT2D eigenvalue weighted by Gasteiger charge is -2.28. The SMILES string of the molecule is CC1C=C2C(=O)N=NC=C2N(C)C1=O. The van der Waals surface area contributed by atoms with Gasteiger partial charge in [-0.05, 0) is 0 Å². The van der Waals surface area contributed by atoms with Crippen LogP contribution in [-0.4, -0.2) is 23.8 Å². The van der Waals surface area contributed by atoms with Crippen molar-refractivity contribution in [3.8, 4) is 0 Å². The van der Waals surface area contributed by atoms with E-state index in [9.17, 15) is 9.59 Å². The highest BCUT2D eigenvalue weighted by Crippen LogP contribution is 2.27. The Hall–Kier alpha value is -1.78. The monoisotopic (exact) mass is 191 g/mol. The third-order valence-corrected chi connectivity index (χ3v) is 2.33. The van der Waals surface area contributed by atoms with Gasteiger partial charge in [-0.3, -0.25) is 9.59 Å². The van der Waals surface area contributed by atoms with Crippen molar-refractivity contribution >= 4 is 11.8 Å². The van der Waals surface area contributed by atoms with Gasteiger partial charge < -0.3 is 4.90 Å². The molecule has 14 heavy (non-hydrogen) atoms. The molecule has 2 heterocycles. The van der Waals surface area contributed by atoms with Crippen molar-refractivity contribution in [3.05, 3.63) is 23.5 Å². The molecule has 72 valence electrons. The molecule has 2 aliphatic heterocycles. The van der Waals surface area contributed by atoms with Crippen LogP contribution in [-0.2, 0) is 9.59 Å². The number of hydrogen-bond acceptors (Lipinski definition) is 3. The van der Waals surface area contributed by atoms with Crippen LogP contribution < -0.4 is 0 Å². The van der Waals surface area contributed by atoms with Gasteiger partial charge in [0.25, 0.3) is 5.91 Å². The van der Waals surface area contributed by atoms with E-state index < -0.39 is 0 Å². The van der Waals surface area contributed by atoms with Crippen molar-refractivity contribution < 1.29 is 9.59 Å². The number of carbonyl (C=O) groups is 2. The van der Waals surface area contributed by atoms with Crippen LogP contribution in [0.4, 0.5) is 0 Å². The van der Waals surface area contributed by atoms with Gasteiger partial charge in [0.1, 0.15) is 0 Å². The average Bonchev–Trinajstić information content (AvgIpc) is 2.17. The van der Waals surface area contributed by atoms with Crippen LogP contribution in [0.25, 0.3) is 0 Å². The number of carbonyl (C=O) groups excluding carboxylic acids is 2. The molecule has 0 bridgehead atoms. The summed E-state index contributed by atoms with van der Waals surface area (Å²) in [6.45, 7) is 1.75. The highest BCUT2D eigenvalue weighted by molar-refractivity contribution is 6.02. The van der Waals surface area contributed by atoms with Gasteiger partial charge in [0.05, 0.1) is 23.4 Å². The number of hydrogen-bond donors (Lipinski definition) is 0. The smallest absolute Gasteiger partial charge is 0.297 e. The first kappa shape index (κ1) is 8.80. The predicted molar refractivity (Wildman–Crippen MR) is 48.0 cm³/mol. The second-order valence-electron chi connectivity index (χ2n) is 3.30. The first-order valence-electron chi connectivity index (χ1n) is 4.26. The maximum absolute atomic E-state index is 11.5. The van der Waals surface area contributed by atoms with Crippen LogP contribution >= 0.6 is 0 Å². The highest BCUT2D eigenvalue weighted by Gasteiger charge is 2.31. The van der Waals surface area contributed by atoms with Gasteiger partial charge in [-0.2, -0.15) is 5.11 Å². The van der Waals surface area contributed by atoms with E-state index in [-0.39, 0.29) is 17.7 Å². The summed E-state index contributed by atoms with van der Waals surface area (Å²) in [6, 6.07) is 0. The Morgan fingerprint density at radius 2 is 2.14 bits per heavy atom. The van der Waals surface area contributed by atoms with Crippen LogP contribution in [0.5, 0.6) is 0 Å². The summed E-state index contributed by atoms with van der Waals surface area (Å²) in [4.78, 5) is 24.3. The van der Waals surface area contributed by atoms with Crippen LogP contribution in [0.3, 0.4) is 0 Å². The molecule has 0 N–H and O–H groups in total. The zero-order valence-electron chi connectivity index (χ0n) is 7.89. The van der Waals surface area contributed by atoms with Crippen molar-refractivity contribution in [3.63, 3.8) is 0 Å². The normalized spacial score (nSPS) is 25.9. The first-order chi connectivity index (χ1) is 6.61. The third-order valence-electron chi connectivity index (χ3n) is 2.33. The van der Waals surface area contributed by atoms with E-state index in [4.69, 9.17) is 0 Å². The fraction of sp³-hybridized carbons (Fsp3) is 0.333. The Balaban J connectivity index is 2.54. The van der Waals surface area contributed by atoms with Crippen molar-refractivity contribution in [2.24, 2.45) is 16.1 Å². The zero-order valence-corrected chi connectivity index (χ0v) is 7.89.